The lowest BCUT2D eigenvalue weighted by Gasteiger charge is -2.40. The van der Waals surface area contributed by atoms with Gasteiger partial charge in [-0.2, -0.15) is 0 Å². The highest BCUT2D eigenvalue weighted by Crippen LogP contribution is 2.37. The number of rotatable bonds is 5. The third-order valence-corrected chi connectivity index (χ3v) is 39.7. The fraction of sp³-hybridized carbons (Fsp3) is 0.700. The van der Waals surface area contributed by atoms with E-state index in [0.29, 0.717) is 5.75 Å². The smallest absolute Gasteiger partial charge is 0.228 e. The Hall–Kier alpha value is -0.312. The third kappa shape index (κ3) is 4.75. The molecule has 1 aromatic rings. The van der Waals surface area contributed by atoms with Crippen molar-refractivity contribution in [3.63, 3.8) is 0 Å². The Morgan fingerprint density at radius 2 is 1.23 bits per heavy atom. The van der Waals surface area contributed by atoms with Crippen LogP contribution >= 0.6 is 0 Å². The van der Waals surface area contributed by atoms with Crippen LogP contribution in [0, 0.1) is 0 Å². The van der Waals surface area contributed by atoms with E-state index >= 15 is 0 Å². The van der Waals surface area contributed by atoms with Crippen LogP contribution in [0.2, 0.25) is 65.5 Å². The highest BCUT2D eigenvalue weighted by atomic mass is 29.3. The van der Waals surface area contributed by atoms with Gasteiger partial charge in [-0.05, 0) is 35.8 Å². The summed E-state index contributed by atoms with van der Waals surface area (Å²) in [6, 6.07) is 4.24. The first kappa shape index (κ1) is 23.7. The van der Waals surface area contributed by atoms with Gasteiger partial charge < -0.3 is 9.53 Å². The zero-order chi connectivity index (χ0) is 20.9. The van der Waals surface area contributed by atoms with E-state index in [0.717, 1.165) is 11.3 Å². The minimum absolute atomic E-state index is 0.0554. The average molecular weight is 427 g/mol. The molecule has 0 radical (unpaired) electrons. The van der Waals surface area contributed by atoms with E-state index in [2.05, 4.69) is 92.3 Å². The third-order valence-electron chi connectivity index (χ3n) is 6.63. The molecule has 2 nitrogen and oxygen atoms in total. The summed E-state index contributed by atoms with van der Waals surface area (Å²) in [6.07, 6.45) is 0. The number of aromatic hydroxyl groups is 1. The Bertz CT molecular complexity index is 660. The Balaban J connectivity index is 3.69. The summed E-state index contributed by atoms with van der Waals surface area (Å²) in [4.78, 5) is 0. The van der Waals surface area contributed by atoms with Crippen molar-refractivity contribution in [1.29, 1.82) is 0 Å². The molecule has 0 aliphatic rings. The SMILES string of the molecule is CC(C)(C)c1cc(O)c([Si](C)(C)[Si](C)(C)C)cc1O[Si](C)(C)[Si](C)(C)C. The second-order valence-corrected chi connectivity index (χ2v) is 44.2. The zero-order valence-corrected chi connectivity index (χ0v) is 23.5. The van der Waals surface area contributed by atoms with E-state index in [1.54, 1.807) is 0 Å². The van der Waals surface area contributed by atoms with Gasteiger partial charge in [0.2, 0.25) is 7.83 Å². The van der Waals surface area contributed by atoms with Crippen molar-refractivity contribution in [3.05, 3.63) is 17.7 Å². The molecule has 0 bridgehead atoms. The van der Waals surface area contributed by atoms with Crippen molar-refractivity contribution in [3.8, 4) is 11.5 Å². The van der Waals surface area contributed by atoms with E-state index in [-0.39, 0.29) is 5.41 Å². The van der Waals surface area contributed by atoms with Crippen LogP contribution in [0.15, 0.2) is 12.1 Å². The molecule has 0 atom stereocenters. The van der Waals surface area contributed by atoms with Crippen LogP contribution in [0.3, 0.4) is 0 Å². The summed E-state index contributed by atoms with van der Waals surface area (Å²) in [5.41, 5.74) is 1.08. The highest BCUT2D eigenvalue weighted by molar-refractivity contribution is 7.45. The molecule has 1 aromatic carbocycles. The normalized spacial score (nSPS) is 14.5. The first-order valence-corrected chi connectivity index (χ1v) is 24.7. The van der Waals surface area contributed by atoms with Crippen LogP contribution in [0.25, 0.3) is 0 Å². The van der Waals surface area contributed by atoms with Crippen LogP contribution in [0.1, 0.15) is 26.3 Å². The average Bonchev–Trinajstić information content (AvgIpc) is 2.35. The molecule has 0 saturated carbocycles. The quantitative estimate of drug-likeness (QED) is 0.583. The van der Waals surface area contributed by atoms with Gasteiger partial charge in [0, 0.05) is 13.2 Å². The topological polar surface area (TPSA) is 29.5 Å². The van der Waals surface area contributed by atoms with Crippen molar-refractivity contribution in [2.75, 3.05) is 0 Å². The zero-order valence-electron chi connectivity index (χ0n) is 19.5. The molecular formula is C20H42O2Si4. The van der Waals surface area contributed by atoms with E-state index in [1.807, 2.05) is 6.07 Å². The molecule has 0 fully saturated rings. The Kier molecular flexibility index (Phi) is 6.33. The number of benzene rings is 1. The van der Waals surface area contributed by atoms with Gasteiger partial charge >= 0.3 is 0 Å². The summed E-state index contributed by atoms with van der Waals surface area (Å²) in [5.74, 6) is 1.51. The minimum atomic E-state index is -1.82. The fourth-order valence-corrected chi connectivity index (χ4v) is 9.88. The lowest BCUT2D eigenvalue weighted by Crippen LogP contribution is -2.61. The molecule has 0 aliphatic heterocycles. The predicted octanol–water partition coefficient (Wildman–Crippen LogP) is 6.02. The van der Waals surface area contributed by atoms with E-state index < -0.39 is 30.6 Å². The maximum Gasteiger partial charge on any atom is 0.228 e. The molecule has 0 aliphatic carbocycles. The molecular weight excluding hydrogens is 385 g/mol. The summed E-state index contributed by atoms with van der Waals surface area (Å²) < 4.78 is 6.85. The van der Waals surface area contributed by atoms with Crippen LogP contribution < -0.4 is 9.61 Å². The summed E-state index contributed by atoms with van der Waals surface area (Å²) in [5, 5.41) is 12.1. The lowest BCUT2D eigenvalue weighted by atomic mass is 9.86. The fourth-order valence-electron chi connectivity index (χ4n) is 2.57. The van der Waals surface area contributed by atoms with Crippen LogP contribution in [-0.2, 0) is 5.41 Å². The maximum absolute atomic E-state index is 11.0. The first-order valence-electron chi connectivity index (χ1n) is 9.79. The van der Waals surface area contributed by atoms with Crippen molar-refractivity contribution in [2.24, 2.45) is 0 Å². The van der Waals surface area contributed by atoms with Gasteiger partial charge in [0.15, 0.2) is 0 Å². The highest BCUT2D eigenvalue weighted by Gasteiger charge is 2.44. The molecule has 1 N–H and O–H groups in total. The number of phenolic OH excluding ortho intramolecular Hbond substituents is 1. The number of hydrogen-bond acceptors (Lipinski definition) is 2. The molecule has 26 heavy (non-hydrogen) atoms. The number of phenols is 1. The molecule has 0 aromatic heterocycles. The molecule has 150 valence electrons. The van der Waals surface area contributed by atoms with Crippen LogP contribution in [-0.4, -0.2) is 35.7 Å². The van der Waals surface area contributed by atoms with Gasteiger partial charge in [-0.15, -0.1) is 0 Å². The summed E-state index contributed by atoms with van der Waals surface area (Å²) in [6.45, 7) is 30.7. The standard InChI is InChI=1S/C20H42O2Si4/c1-20(2,3)16-14-17(21)19(25(10,11)23(4,5)6)15-18(16)22-26(12,13)24(7,8)9/h14-15,21H,1-13H3. The monoisotopic (exact) mass is 426 g/mol. The Morgan fingerprint density at radius 1 is 0.769 bits per heavy atom. The van der Waals surface area contributed by atoms with Crippen molar-refractivity contribution in [2.45, 2.75) is 91.7 Å². The van der Waals surface area contributed by atoms with Gasteiger partial charge in [0.05, 0.1) is 15.2 Å². The Morgan fingerprint density at radius 3 is 1.58 bits per heavy atom. The van der Waals surface area contributed by atoms with E-state index in [1.165, 1.54) is 5.19 Å². The second-order valence-electron chi connectivity index (χ2n) is 11.9. The van der Waals surface area contributed by atoms with Gasteiger partial charge in [-0.25, -0.2) is 0 Å². The van der Waals surface area contributed by atoms with Gasteiger partial charge in [-0.3, -0.25) is 0 Å². The molecule has 0 saturated heterocycles. The van der Waals surface area contributed by atoms with Crippen LogP contribution in [0.4, 0.5) is 0 Å². The molecule has 1 rings (SSSR count). The molecule has 0 unspecified atom stereocenters. The van der Waals surface area contributed by atoms with Crippen molar-refractivity contribution in [1.82, 2.24) is 0 Å². The van der Waals surface area contributed by atoms with Crippen molar-refractivity contribution < 1.29 is 9.53 Å². The van der Waals surface area contributed by atoms with Gasteiger partial charge in [0.1, 0.15) is 11.5 Å². The lowest BCUT2D eigenvalue weighted by molar-refractivity contribution is 0.467. The van der Waals surface area contributed by atoms with E-state index in [9.17, 15) is 5.11 Å². The predicted molar refractivity (Wildman–Crippen MR) is 129 cm³/mol. The van der Waals surface area contributed by atoms with E-state index in [4.69, 9.17) is 4.43 Å². The number of hydrogen-bond donors (Lipinski definition) is 1. The second kappa shape index (κ2) is 6.94. The summed E-state index contributed by atoms with van der Waals surface area (Å²) in [7, 11) is -6.33. The molecule has 0 heterocycles. The maximum atomic E-state index is 11.0. The van der Waals surface area contributed by atoms with Gasteiger partial charge in [-0.1, -0.05) is 73.1 Å². The Labute approximate surface area is 166 Å². The first-order chi connectivity index (χ1) is 11.2. The minimum Gasteiger partial charge on any atom is -0.547 e. The van der Waals surface area contributed by atoms with Crippen LogP contribution in [0.5, 0.6) is 11.5 Å². The molecule has 0 spiro atoms. The summed E-state index contributed by atoms with van der Waals surface area (Å²) >= 11 is 0. The van der Waals surface area contributed by atoms with Crippen molar-refractivity contribution >= 4 is 35.8 Å². The molecule has 0 amide bonds. The molecule has 6 heteroatoms. The van der Waals surface area contributed by atoms with Gasteiger partial charge in [0.25, 0.3) is 0 Å². The largest absolute Gasteiger partial charge is 0.547 e.